The molecular formula is C15H15N3S. The maximum Gasteiger partial charge on any atom is 0.0750 e. The number of rotatable bonds is 4. The first-order chi connectivity index (χ1) is 9.38. The Hall–Kier alpha value is -1.75. The van der Waals surface area contributed by atoms with Crippen molar-refractivity contribution in [3.63, 3.8) is 0 Å². The zero-order valence-corrected chi connectivity index (χ0v) is 11.2. The summed E-state index contributed by atoms with van der Waals surface area (Å²) in [6, 6.07) is 14.5. The van der Waals surface area contributed by atoms with E-state index in [0.29, 0.717) is 0 Å². The van der Waals surface area contributed by atoms with E-state index >= 15 is 0 Å². The third-order valence-corrected chi connectivity index (χ3v) is 4.12. The van der Waals surface area contributed by atoms with Crippen molar-refractivity contribution >= 4 is 22.2 Å². The van der Waals surface area contributed by atoms with Gasteiger partial charge in [0.15, 0.2) is 0 Å². The molecule has 4 heteroatoms. The largest absolute Gasteiger partial charge is 0.271 e. The molecule has 2 heterocycles. The van der Waals surface area contributed by atoms with Crippen LogP contribution in [-0.2, 0) is 6.42 Å². The summed E-state index contributed by atoms with van der Waals surface area (Å²) in [6.45, 7) is 0. The number of para-hydroxylation sites is 1. The fraction of sp³-hybridized carbons (Fsp3) is 0.133. The molecular weight excluding hydrogens is 254 g/mol. The van der Waals surface area contributed by atoms with Gasteiger partial charge in [-0.25, -0.2) is 0 Å². The molecule has 0 amide bonds. The van der Waals surface area contributed by atoms with E-state index in [4.69, 9.17) is 5.84 Å². The van der Waals surface area contributed by atoms with Crippen LogP contribution in [0.3, 0.4) is 0 Å². The smallest absolute Gasteiger partial charge is 0.0750 e. The monoisotopic (exact) mass is 269 g/mol. The maximum atomic E-state index is 5.74. The number of benzene rings is 1. The molecule has 2 aromatic heterocycles. The van der Waals surface area contributed by atoms with Crippen LogP contribution in [0.5, 0.6) is 0 Å². The number of thiophene rings is 1. The molecule has 19 heavy (non-hydrogen) atoms. The Morgan fingerprint density at radius 3 is 2.84 bits per heavy atom. The minimum Gasteiger partial charge on any atom is -0.271 e. The van der Waals surface area contributed by atoms with Crippen molar-refractivity contribution in [3.05, 3.63) is 64.5 Å². The van der Waals surface area contributed by atoms with Crippen molar-refractivity contribution in [1.82, 2.24) is 10.4 Å². The minimum atomic E-state index is 0.0808. The van der Waals surface area contributed by atoms with Crippen molar-refractivity contribution in [3.8, 4) is 0 Å². The molecule has 1 unspecified atom stereocenters. The standard InChI is InChI=1S/C15H15N3S/c16-18-14(10-12-6-3-9-19-12)13-7-1-4-11-5-2-8-17-15(11)13/h1-9,14,18H,10,16H2. The van der Waals surface area contributed by atoms with Gasteiger partial charge in [0, 0.05) is 22.9 Å². The van der Waals surface area contributed by atoms with Gasteiger partial charge in [-0.2, -0.15) is 0 Å². The number of hydrazine groups is 1. The molecule has 0 spiro atoms. The van der Waals surface area contributed by atoms with E-state index in [9.17, 15) is 0 Å². The van der Waals surface area contributed by atoms with Gasteiger partial charge in [0.2, 0.25) is 0 Å². The second-order valence-electron chi connectivity index (χ2n) is 4.43. The van der Waals surface area contributed by atoms with Gasteiger partial charge in [-0.05, 0) is 23.1 Å². The molecule has 0 aliphatic rings. The molecule has 0 bridgehead atoms. The first-order valence-corrected chi connectivity index (χ1v) is 7.08. The zero-order valence-electron chi connectivity index (χ0n) is 10.4. The lowest BCUT2D eigenvalue weighted by Crippen LogP contribution is -2.29. The predicted octanol–water partition coefficient (Wildman–Crippen LogP) is 3.04. The van der Waals surface area contributed by atoms with Gasteiger partial charge in [-0.3, -0.25) is 16.3 Å². The highest BCUT2D eigenvalue weighted by atomic mass is 32.1. The summed E-state index contributed by atoms with van der Waals surface area (Å²) in [7, 11) is 0. The van der Waals surface area contributed by atoms with Crippen molar-refractivity contribution in [2.45, 2.75) is 12.5 Å². The average molecular weight is 269 g/mol. The fourth-order valence-corrected chi connectivity index (χ4v) is 3.05. The Kier molecular flexibility index (Phi) is 3.55. The van der Waals surface area contributed by atoms with Gasteiger partial charge in [-0.1, -0.05) is 30.3 Å². The second-order valence-corrected chi connectivity index (χ2v) is 5.46. The molecule has 0 saturated carbocycles. The van der Waals surface area contributed by atoms with Gasteiger partial charge >= 0.3 is 0 Å². The molecule has 3 N–H and O–H groups in total. The lowest BCUT2D eigenvalue weighted by atomic mass is 10.00. The van der Waals surface area contributed by atoms with Crippen LogP contribution in [0.1, 0.15) is 16.5 Å². The maximum absolute atomic E-state index is 5.74. The van der Waals surface area contributed by atoms with Crippen molar-refractivity contribution in [2.24, 2.45) is 5.84 Å². The number of fused-ring (bicyclic) bond motifs is 1. The SMILES string of the molecule is NNC(Cc1cccs1)c1cccc2cccnc12. The number of hydrogen-bond donors (Lipinski definition) is 2. The van der Waals surface area contributed by atoms with Crippen molar-refractivity contribution in [1.29, 1.82) is 0 Å². The fourth-order valence-electron chi connectivity index (χ4n) is 2.30. The van der Waals surface area contributed by atoms with Crippen LogP contribution < -0.4 is 11.3 Å². The molecule has 0 saturated heterocycles. The lowest BCUT2D eigenvalue weighted by molar-refractivity contribution is 0.558. The first kappa shape index (κ1) is 12.3. The molecule has 0 fully saturated rings. The van der Waals surface area contributed by atoms with E-state index in [2.05, 4.69) is 52.2 Å². The predicted molar refractivity (Wildman–Crippen MR) is 79.8 cm³/mol. The molecule has 3 nitrogen and oxygen atoms in total. The van der Waals surface area contributed by atoms with Gasteiger partial charge in [0.1, 0.15) is 0 Å². The summed E-state index contributed by atoms with van der Waals surface area (Å²) >= 11 is 1.75. The summed E-state index contributed by atoms with van der Waals surface area (Å²) in [6.07, 6.45) is 2.70. The highest BCUT2D eigenvalue weighted by molar-refractivity contribution is 7.09. The van der Waals surface area contributed by atoms with Crippen LogP contribution in [0.15, 0.2) is 54.0 Å². The third kappa shape index (κ3) is 2.51. The first-order valence-electron chi connectivity index (χ1n) is 6.20. The van der Waals surface area contributed by atoms with Gasteiger partial charge in [0.25, 0.3) is 0 Å². The minimum absolute atomic E-state index is 0.0808. The Morgan fingerprint density at radius 2 is 2.05 bits per heavy atom. The molecule has 96 valence electrons. The molecule has 0 radical (unpaired) electrons. The van der Waals surface area contributed by atoms with Crippen LogP contribution in [0.4, 0.5) is 0 Å². The summed E-state index contributed by atoms with van der Waals surface area (Å²) in [5.74, 6) is 5.74. The summed E-state index contributed by atoms with van der Waals surface area (Å²) in [4.78, 5) is 5.80. The van der Waals surface area contributed by atoms with Gasteiger partial charge < -0.3 is 0 Å². The lowest BCUT2D eigenvalue weighted by Gasteiger charge is -2.17. The molecule has 0 aliphatic heterocycles. The summed E-state index contributed by atoms with van der Waals surface area (Å²) < 4.78 is 0. The Bertz CT molecular complexity index is 659. The zero-order chi connectivity index (χ0) is 13.1. The Labute approximate surface area is 116 Å². The van der Waals surface area contributed by atoms with Gasteiger partial charge in [0.05, 0.1) is 11.6 Å². The summed E-state index contributed by atoms with van der Waals surface area (Å²) in [5.41, 5.74) is 5.08. The topological polar surface area (TPSA) is 50.9 Å². The normalized spacial score (nSPS) is 12.7. The third-order valence-electron chi connectivity index (χ3n) is 3.23. The quantitative estimate of drug-likeness (QED) is 0.565. The van der Waals surface area contributed by atoms with Crippen LogP contribution in [0.2, 0.25) is 0 Å². The number of nitrogens with one attached hydrogen (secondary N) is 1. The van der Waals surface area contributed by atoms with E-state index in [1.165, 1.54) is 4.88 Å². The van der Waals surface area contributed by atoms with E-state index in [0.717, 1.165) is 22.9 Å². The number of hydrogen-bond acceptors (Lipinski definition) is 4. The van der Waals surface area contributed by atoms with Crippen molar-refractivity contribution < 1.29 is 0 Å². The number of aromatic nitrogens is 1. The molecule has 1 aromatic carbocycles. The average Bonchev–Trinajstić information content (AvgIpc) is 2.97. The Morgan fingerprint density at radius 1 is 1.16 bits per heavy atom. The van der Waals surface area contributed by atoms with E-state index in [-0.39, 0.29) is 6.04 Å². The van der Waals surface area contributed by atoms with Crippen LogP contribution in [0.25, 0.3) is 10.9 Å². The highest BCUT2D eigenvalue weighted by Crippen LogP contribution is 2.26. The highest BCUT2D eigenvalue weighted by Gasteiger charge is 2.14. The molecule has 3 aromatic rings. The number of pyridine rings is 1. The van der Waals surface area contributed by atoms with Crippen LogP contribution in [-0.4, -0.2) is 4.98 Å². The van der Waals surface area contributed by atoms with Crippen molar-refractivity contribution in [2.75, 3.05) is 0 Å². The molecule has 1 atom stereocenters. The van der Waals surface area contributed by atoms with E-state index in [1.807, 2.05) is 12.3 Å². The second kappa shape index (κ2) is 5.48. The summed E-state index contributed by atoms with van der Waals surface area (Å²) in [5, 5.41) is 3.23. The Balaban J connectivity index is 2.01. The number of nitrogens with two attached hydrogens (primary N) is 1. The van der Waals surface area contributed by atoms with E-state index < -0.39 is 0 Å². The van der Waals surface area contributed by atoms with Crippen LogP contribution >= 0.6 is 11.3 Å². The molecule has 3 rings (SSSR count). The molecule has 0 aliphatic carbocycles. The van der Waals surface area contributed by atoms with Gasteiger partial charge in [-0.15, -0.1) is 11.3 Å². The number of nitrogens with zero attached hydrogens (tertiary/aromatic N) is 1. The van der Waals surface area contributed by atoms with Crippen LogP contribution in [0, 0.1) is 0 Å². The van der Waals surface area contributed by atoms with E-state index in [1.54, 1.807) is 11.3 Å².